The molecule has 1 aromatic carbocycles. The number of imidazole rings is 1. The molecule has 9 atom stereocenters. The third kappa shape index (κ3) is 2.50. The second-order valence-corrected chi connectivity index (χ2v) is 11.5. The first-order valence-corrected chi connectivity index (χ1v) is 12.2. The molecule has 2 N–H and O–H groups in total. The highest BCUT2D eigenvalue weighted by atomic mass is 16.3. The predicted octanol–water partition coefficient (Wildman–Crippen LogP) is 4.95. The minimum Gasteiger partial charge on any atom is -0.393 e. The van der Waals surface area contributed by atoms with Gasteiger partial charge in [0.1, 0.15) is 0 Å². The Bertz CT molecular complexity index is 955. The Morgan fingerprint density at radius 3 is 2.70 bits per heavy atom. The van der Waals surface area contributed by atoms with Gasteiger partial charge in [-0.05, 0) is 98.0 Å². The maximum Gasteiger partial charge on any atom is 0.0961 e. The fraction of sp³-hybridized carbons (Fsp3) is 0.731. The number of fused-ring (bicyclic) bond motifs is 6. The van der Waals surface area contributed by atoms with Crippen LogP contribution in [0.25, 0.3) is 11.0 Å². The number of para-hydroxylation sites is 2. The van der Waals surface area contributed by atoms with E-state index in [0.717, 1.165) is 31.2 Å². The fourth-order valence-corrected chi connectivity index (χ4v) is 9.02. The second-order valence-electron chi connectivity index (χ2n) is 11.5. The lowest BCUT2D eigenvalue weighted by Crippen LogP contribution is -2.59. The zero-order chi connectivity index (χ0) is 20.7. The van der Waals surface area contributed by atoms with Crippen LogP contribution < -0.4 is 0 Å². The molecule has 4 fully saturated rings. The molecule has 0 saturated heterocycles. The van der Waals surface area contributed by atoms with Gasteiger partial charge in [-0.1, -0.05) is 26.0 Å². The molecule has 2 aromatic rings. The van der Waals surface area contributed by atoms with E-state index in [1.54, 1.807) is 0 Å². The molecule has 0 radical (unpaired) electrons. The molecule has 4 heteroatoms. The third-order valence-electron chi connectivity index (χ3n) is 10.3. The molecule has 1 heterocycles. The van der Waals surface area contributed by atoms with Crippen LogP contribution in [0.15, 0.2) is 30.6 Å². The zero-order valence-electron chi connectivity index (χ0n) is 18.4. The highest BCUT2D eigenvalue weighted by molar-refractivity contribution is 5.75. The molecule has 4 saturated carbocycles. The van der Waals surface area contributed by atoms with Crippen molar-refractivity contribution >= 4 is 11.0 Å². The molecule has 162 valence electrons. The van der Waals surface area contributed by atoms with Gasteiger partial charge in [-0.2, -0.15) is 0 Å². The Hall–Kier alpha value is -1.39. The first kappa shape index (κ1) is 19.3. The number of aliphatic hydroxyl groups excluding tert-OH is 2. The molecule has 4 aliphatic carbocycles. The Labute approximate surface area is 179 Å². The standard InChI is InChI=1S/C26H36N2O2/c1-25-12-11-17(29)13-16(25)7-8-18-19-9-10-23(26(19,2)14-22(30)24(18)25)28-15-27-20-5-3-4-6-21(20)28/h3-6,15-19,22-24,29-30H,7-14H2,1-2H3. The van der Waals surface area contributed by atoms with Gasteiger partial charge in [0.2, 0.25) is 0 Å². The van der Waals surface area contributed by atoms with Crippen molar-refractivity contribution in [3.63, 3.8) is 0 Å². The van der Waals surface area contributed by atoms with E-state index in [-0.39, 0.29) is 23.0 Å². The van der Waals surface area contributed by atoms with Crippen LogP contribution in [0.1, 0.15) is 71.3 Å². The van der Waals surface area contributed by atoms with Crippen LogP contribution in [0.5, 0.6) is 0 Å². The smallest absolute Gasteiger partial charge is 0.0961 e. The number of hydrogen-bond donors (Lipinski definition) is 2. The lowest BCUT2D eigenvalue weighted by atomic mass is 9.44. The quantitative estimate of drug-likeness (QED) is 0.702. The maximum atomic E-state index is 11.6. The summed E-state index contributed by atoms with van der Waals surface area (Å²) in [6.45, 7) is 4.91. The highest BCUT2D eigenvalue weighted by Crippen LogP contribution is 2.68. The molecule has 0 spiro atoms. The van der Waals surface area contributed by atoms with Gasteiger partial charge in [-0.25, -0.2) is 4.98 Å². The van der Waals surface area contributed by atoms with E-state index in [9.17, 15) is 10.2 Å². The first-order chi connectivity index (χ1) is 14.4. The second kappa shape index (κ2) is 6.56. The van der Waals surface area contributed by atoms with Crippen molar-refractivity contribution in [2.45, 2.75) is 83.5 Å². The van der Waals surface area contributed by atoms with Gasteiger partial charge in [-0.15, -0.1) is 0 Å². The van der Waals surface area contributed by atoms with E-state index in [1.165, 1.54) is 31.2 Å². The highest BCUT2D eigenvalue weighted by Gasteiger charge is 2.63. The van der Waals surface area contributed by atoms with Gasteiger partial charge in [-0.3, -0.25) is 0 Å². The zero-order valence-corrected chi connectivity index (χ0v) is 18.4. The Kier molecular flexibility index (Phi) is 4.22. The SMILES string of the molecule is CC12CCC(O)CC1CCC1C3CCC(n4cnc5ccccc54)C3(C)CC(O)C12. The van der Waals surface area contributed by atoms with E-state index >= 15 is 0 Å². The van der Waals surface area contributed by atoms with Crippen molar-refractivity contribution in [1.82, 2.24) is 9.55 Å². The van der Waals surface area contributed by atoms with Gasteiger partial charge in [0, 0.05) is 6.04 Å². The monoisotopic (exact) mass is 408 g/mol. The summed E-state index contributed by atoms with van der Waals surface area (Å²) in [6, 6.07) is 8.89. The molecule has 30 heavy (non-hydrogen) atoms. The summed E-state index contributed by atoms with van der Waals surface area (Å²) in [6.07, 6.45) is 10.4. The number of hydrogen-bond acceptors (Lipinski definition) is 3. The molecule has 0 amide bonds. The summed E-state index contributed by atoms with van der Waals surface area (Å²) < 4.78 is 2.42. The van der Waals surface area contributed by atoms with Gasteiger partial charge >= 0.3 is 0 Å². The van der Waals surface area contributed by atoms with Crippen LogP contribution in [-0.4, -0.2) is 32.0 Å². The van der Waals surface area contributed by atoms with Crippen molar-refractivity contribution in [3.05, 3.63) is 30.6 Å². The first-order valence-electron chi connectivity index (χ1n) is 12.2. The lowest BCUT2D eigenvalue weighted by molar-refractivity contribution is -0.176. The number of nitrogens with zero attached hydrogens (tertiary/aromatic N) is 2. The largest absolute Gasteiger partial charge is 0.393 e. The normalized spacial score (nSPS) is 48.2. The van der Waals surface area contributed by atoms with Crippen molar-refractivity contribution in [2.75, 3.05) is 0 Å². The Morgan fingerprint density at radius 1 is 1.00 bits per heavy atom. The van der Waals surface area contributed by atoms with Gasteiger partial charge in [0.25, 0.3) is 0 Å². The van der Waals surface area contributed by atoms with Gasteiger partial charge in [0.05, 0.1) is 29.6 Å². The summed E-state index contributed by atoms with van der Waals surface area (Å²) in [7, 11) is 0. The van der Waals surface area contributed by atoms with Crippen molar-refractivity contribution < 1.29 is 10.2 Å². The number of benzene rings is 1. The van der Waals surface area contributed by atoms with Crippen LogP contribution in [0.2, 0.25) is 0 Å². The molecule has 1 aromatic heterocycles. The predicted molar refractivity (Wildman–Crippen MR) is 118 cm³/mol. The van der Waals surface area contributed by atoms with Crippen LogP contribution in [0.4, 0.5) is 0 Å². The maximum absolute atomic E-state index is 11.6. The van der Waals surface area contributed by atoms with E-state index < -0.39 is 0 Å². The summed E-state index contributed by atoms with van der Waals surface area (Å²) >= 11 is 0. The van der Waals surface area contributed by atoms with Crippen molar-refractivity contribution in [2.24, 2.45) is 34.5 Å². The number of rotatable bonds is 1. The number of aliphatic hydroxyl groups is 2. The minimum absolute atomic E-state index is 0.126. The molecule has 9 unspecified atom stereocenters. The van der Waals surface area contributed by atoms with Crippen LogP contribution in [0, 0.1) is 34.5 Å². The van der Waals surface area contributed by atoms with E-state index in [0.29, 0.717) is 29.7 Å². The summed E-state index contributed by atoms with van der Waals surface area (Å²) in [5.41, 5.74) is 2.63. The molecular formula is C26H36N2O2. The van der Waals surface area contributed by atoms with Crippen molar-refractivity contribution in [1.29, 1.82) is 0 Å². The minimum atomic E-state index is -0.227. The molecule has 4 nitrogen and oxygen atoms in total. The van der Waals surface area contributed by atoms with E-state index in [2.05, 4.69) is 47.7 Å². The molecule has 0 bridgehead atoms. The van der Waals surface area contributed by atoms with E-state index in [4.69, 9.17) is 0 Å². The molecular weight excluding hydrogens is 372 g/mol. The average molecular weight is 409 g/mol. The third-order valence-corrected chi connectivity index (χ3v) is 10.3. The number of aromatic nitrogens is 2. The molecule has 0 aliphatic heterocycles. The lowest BCUT2D eigenvalue weighted by Gasteiger charge is -2.62. The Balaban J connectivity index is 1.36. The van der Waals surface area contributed by atoms with Gasteiger partial charge < -0.3 is 14.8 Å². The van der Waals surface area contributed by atoms with Crippen LogP contribution in [0.3, 0.4) is 0 Å². The van der Waals surface area contributed by atoms with Crippen molar-refractivity contribution in [3.8, 4) is 0 Å². The summed E-state index contributed by atoms with van der Waals surface area (Å²) in [5, 5.41) is 21.9. The fourth-order valence-electron chi connectivity index (χ4n) is 9.02. The topological polar surface area (TPSA) is 58.3 Å². The Morgan fingerprint density at radius 2 is 1.83 bits per heavy atom. The summed E-state index contributed by atoms with van der Waals surface area (Å²) in [4.78, 5) is 4.68. The molecule has 4 aliphatic rings. The average Bonchev–Trinajstić information content (AvgIpc) is 3.28. The molecule has 6 rings (SSSR count). The van der Waals surface area contributed by atoms with Crippen LogP contribution in [-0.2, 0) is 0 Å². The van der Waals surface area contributed by atoms with E-state index in [1.807, 2.05) is 6.33 Å². The van der Waals surface area contributed by atoms with Gasteiger partial charge in [0.15, 0.2) is 0 Å². The van der Waals surface area contributed by atoms with Crippen LogP contribution >= 0.6 is 0 Å². The summed E-state index contributed by atoms with van der Waals surface area (Å²) in [5.74, 6) is 2.29.